The van der Waals surface area contributed by atoms with Crippen LogP contribution in [0.25, 0.3) is 11.1 Å². The molecule has 2 N–H and O–H groups in total. The van der Waals surface area contributed by atoms with Crippen molar-refractivity contribution in [2.24, 2.45) is 0 Å². The van der Waals surface area contributed by atoms with Gasteiger partial charge in [-0.2, -0.15) is 0 Å². The van der Waals surface area contributed by atoms with Crippen LogP contribution in [0.2, 0.25) is 0 Å². The minimum atomic E-state index is -0.418. The van der Waals surface area contributed by atoms with E-state index in [1.54, 1.807) is 4.90 Å². The summed E-state index contributed by atoms with van der Waals surface area (Å²) in [6.07, 6.45) is 34.5. The summed E-state index contributed by atoms with van der Waals surface area (Å²) in [6, 6.07) is 16.6. The molecule has 0 bridgehead atoms. The molecule has 2 aromatic rings. The van der Waals surface area contributed by atoms with Gasteiger partial charge in [0, 0.05) is 44.9 Å². The van der Waals surface area contributed by atoms with Crippen molar-refractivity contribution in [2.75, 3.05) is 138 Å². The highest BCUT2D eigenvalue weighted by atomic mass is 16.6. The van der Waals surface area contributed by atoms with E-state index in [0.29, 0.717) is 145 Å². The monoisotopic (exact) mass is 1180 g/mol. The summed E-state index contributed by atoms with van der Waals surface area (Å²) in [6.45, 7) is 17.0. The maximum absolute atomic E-state index is 13.6. The lowest BCUT2D eigenvalue weighted by Crippen LogP contribution is -2.38. The Morgan fingerprint density at radius 2 is 0.643 bits per heavy atom. The van der Waals surface area contributed by atoms with Crippen molar-refractivity contribution in [3.05, 3.63) is 59.7 Å². The second-order valence-electron chi connectivity index (χ2n) is 21.9. The molecular weight excluding hydrogens is 1060 g/mol. The van der Waals surface area contributed by atoms with E-state index in [4.69, 9.17) is 42.6 Å². The second-order valence-corrected chi connectivity index (χ2v) is 21.9. The fourth-order valence-corrected chi connectivity index (χ4v) is 10.2. The highest BCUT2D eigenvalue weighted by molar-refractivity contribution is 5.79. The van der Waals surface area contributed by atoms with Gasteiger partial charge in [-0.15, -0.1) is 0 Å². The van der Waals surface area contributed by atoms with Gasteiger partial charge < -0.3 is 58.2 Å². The first-order valence-corrected chi connectivity index (χ1v) is 33.8. The summed E-state index contributed by atoms with van der Waals surface area (Å²) >= 11 is 0. The minimum absolute atomic E-state index is 0.0432. The largest absolute Gasteiger partial charge is 0.448 e. The molecule has 3 amide bonds. The number of ether oxygens (including phenoxy) is 9. The van der Waals surface area contributed by atoms with Crippen LogP contribution >= 0.6 is 0 Å². The number of carbonyl (C=O) groups excluding carboxylic acids is 3. The summed E-state index contributed by atoms with van der Waals surface area (Å²) in [4.78, 5) is 39.6. The van der Waals surface area contributed by atoms with Crippen molar-refractivity contribution in [1.29, 1.82) is 0 Å². The Hall–Kier alpha value is -3.67. The molecule has 484 valence electrons. The molecule has 15 heteroatoms. The lowest BCUT2D eigenvalue weighted by Gasteiger charge is -2.23. The zero-order chi connectivity index (χ0) is 60.3. The molecule has 0 radical (unpaired) electrons. The van der Waals surface area contributed by atoms with Crippen molar-refractivity contribution < 1.29 is 57.0 Å². The molecule has 15 nitrogen and oxygen atoms in total. The topological polar surface area (TPSA) is 162 Å². The van der Waals surface area contributed by atoms with Gasteiger partial charge in [-0.1, -0.05) is 230 Å². The minimum Gasteiger partial charge on any atom is -0.448 e. The number of hydrogen-bond acceptors (Lipinski definition) is 12. The molecule has 0 atom stereocenters. The first-order chi connectivity index (χ1) is 41.5. The van der Waals surface area contributed by atoms with Crippen LogP contribution in [-0.4, -0.2) is 161 Å². The number of carbonyl (C=O) groups is 3. The lowest BCUT2D eigenvalue weighted by atomic mass is 9.98. The predicted molar refractivity (Wildman–Crippen MR) is 341 cm³/mol. The van der Waals surface area contributed by atoms with Crippen LogP contribution < -0.4 is 10.6 Å². The maximum atomic E-state index is 13.6. The average molecular weight is 1180 g/mol. The van der Waals surface area contributed by atoms with Crippen LogP contribution in [0.3, 0.4) is 0 Å². The second kappa shape index (κ2) is 58.4. The van der Waals surface area contributed by atoms with Crippen molar-refractivity contribution in [3.63, 3.8) is 0 Å². The molecule has 0 saturated heterocycles. The maximum Gasteiger partial charge on any atom is 0.409 e. The lowest BCUT2D eigenvalue weighted by molar-refractivity contribution is -0.122. The third-order valence-electron chi connectivity index (χ3n) is 15.0. The van der Waals surface area contributed by atoms with Crippen LogP contribution in [0.1, 0.15) is 225 Å². The normalized spacial score (nSPS) is 11.8. The van der Waals surface area contributed by atoms with E-state index in [1.807, 2.05) is 38.1 Å². The van der Waals surface area contributed by atoms with E-state index in [2.05, 4.69) is 48.7 Å². The average Bonchev–Trinajstić information content (AvgIpc) is 3.86. The Balaban J connectivity index is 0.0000119. The zero-order valence-corrected chi connectivity index (χ0v) is 53.7. The van der Waals surface area contributed by atoms with E-state index in [1.165, 1.54) is 152 Å². The van der Waals surface area contributed by atoms with Gasteiger partial charge in [-0.25, -0.2) is 4.79 Å². The fourth-order valence-electron chi connectivity index (χ4n) is 10.2. The Labute approximate surface area is 511 Å². The number of unbranched alkanes of at least 4 members (excludes halogenated alkanes) is 24. The van der Waals surface area contributed by atoms with Crippen molar-refractivity contribution in [3.8, 4) is 11.1 Å². The standard InChI is InChI=1S/C67H115N3O12.C2H6/c1-3-5-7-9-11-13-15-17-19-21-23-25-27-37-65(71)68-39-43-74-47-51-78-55-57-80-53-49-76-45-41-70(67(73)82-59-64-62-35-31-29-33-60(62)61-34-30-32-36-63(61)64)42-46-77-50-54-81-58-56-79-52-48-75-44-40-69-66(72)38-28-26-24-22-20-18-16-14-12-10-8-6-4-2;1-2/h29-36,64H,3-28,37-59H2,1-2H3,(H,68,71)(H,69,72);1-2H3. The van der Waals surface area contributed by atoms with Crippen LogP contribution in [-0.2, 0) is 52.2 Å². The number of nitrogens with zero attached hydrogens (tertiary/aromatic N) is 1. The Kier molecular flexibility index (Phi) is 53.1. The fraction of sp³-hybridized carbons (Fsp3) is 0.783. The molecule has 2 aromatic carbocycles. The van der Waals surface area contributed by atoms with Crippen LogP contribution in [0.5, 0.6) is 0 Å². The molecule has 0 unspecified atom stereocenters. The van der Waals surface area contributed by atoms with E-state index < -0.39 is 6.09 Å². The number of amides is 3. The van der Waals surface area contributed by atoms with Gasteiger partial charge in [0.05, 0.1) is 106 Å². The highest BCUT2D eigenvalue weighted by Crippen LogP contribution is 2.44. The van der Waals surface area contributed by atoms with Crippen molar-refractivity contribution >= 4 is 17.9 Å². The van der Waals surface area contributed by atoms with Gasteiger partial charge in [0.2, 0.25) is 11.8 Å². The number of rotatable bonds is 60. The predicted octanol–water partition coefficient (Wildman–Crippen LogP) is 14.6. The molecule has 0 saturated carbocycles. The summed E-state index contributed by atoms with van der Waals surface area (Å²) in [7, 11) is 0. The van der Waals surface area contributed by atoms with Crippen molar-refractivity contribution in [2.45, 2.75) is 213 Å². The zero-order valence-electron chi connectivity index (χ0n) is 53.7. The summed E-state index contributed by atoms with van der Waals surface area (Å²) in [5, 5.41) is 5.91. The van der Waals surface area contributed by atoms with E-state index in [-0.39, 0.29) is 24.3 Å². The highest BCUT2D eigenvalue weighted by Gasteiger charge is 2.30. The molecule has 0 fully saturated rings. The number of fused-ring (bicyclic) bond motifs is 3. The van der Waals surface area contributed by atoms with E-state index in [0.717, 1.165) is 36.8 Å². The van der Waals surface area contributed by atoms with Gasteiger partial charge in [0.15, 0.2) is 0 Å². The van der Waals surface area contributed by atoms with Crippen LogP contribution in [0.4, 0.5) is 4.79 Å². The number of benzene rings is 2. The van der Waals surface area contributed by atoms with Gasteiger partial charge in [-0.05, 0) is 35.1 Å². The Morgan fingerprint density at radius 3 is 0.964 bits per heavy atom. The first-order valence-electron chi connectivity index (χ1n) is 33.8. The van der Waals surface area contributed by atoms with Gasteiger partial charge in [0.25, 0.3) is 0 Å². The van der Waals surface area contributed by atoms with Gasteiger partial charge >= 0.3 is 6.09 Å². The molecule has 0 aliphatic heterocycles. The van der Waals surface area contributed by atoms with E-state index >= 15 is 0 Å². The molecule has 0 heterocycles. The van der Waals surface area contributed by atoms with Crippen LogP contribution in [0.15, 0.2) is 48.5 Å². The van der Waals surface area contributed by atoms with Crippen LogP contribution in [0, 0.1) is 0 Å². The van der Waals surface area contributed by atoms with Gasteiger partial charge in [-0.3, -0.25) is 9.59 Å². The number of hydrogen-bond donors (Lipinski definition) is 2. The molecule has 84 heavy (non-hydrogen) atoms. The SMILES string of the molecule is CC.CCCCCCCCCCCCCCCC(=O)NCCOCCOCCOCCOCCN(CCOCCOCCOCCOCCNC(=O)CCCCCCCCCCCCCCC)C(=O)OCC1c2ccccc2-c2ccccc21. The molecule has 1 aliphatic carbocycles. The molecular formula is C69H121N3O12. The third kappa shape index (κ3) is 42.2. The third-order valence-corrected chi connectivity index (χ3v) is 15.0. The molecule has 3 rings (SSSR count). The molecule has 0 aromatic heterocycles. The van der Waals surface area contributed by atoms with Gasteiger partial charge in [0.1, 0.15) is 6.61 Å². The summed E-state index contributed by atoms with van der Waals surface area (Å²) in [5.41, 5.74) is 4.67. The Bertz CT molecular complexity index is 1690. The quantitative estimate of drug-likeness (QED) is 0.0604. The van der Waals surface area contributed by atoms with Crippen molar-refractivity contribution in [1.82, 2.24) is 15.5 Å². The number of nitrogens with one attached hydrogen (secondary N) is 2. The van der Waals surface area contributed by atoms with E-state index in [9.17, 15) is 14.4 Å². The Morgan fingerprint density at radius 1 is 0.369 bits per heavy atom. The first kappa shape index (κ1) is 76.4. The smallest absolute Gasteiger partial charge is 0.409 e. The summed E-state index contributed by atoms with van der Waals surface area (Å²) in [5.74, 6) is 0.156. The molecule has 1 aliphatic rings. The summed E-state index contributed by atoms with van der Waals surface area (Å²) < 4.78 is 51.6. The molecule has 0 spiro atoms.